The van der Waals surface area contributed by atoms with Gasteiger partial charge in [0.15, 0.2) is 0 Å². The van der Waals surface area contributed by atoms with Gasteiger partial charge in [0.1, 0.15) is 0 Å². The third-order valence-corrected chi connectivity index (χ3v) is 2.88. The Labute approximate surface area is 89.7 Å². The lowest BCUT2D eigenvalue weighted by Crippen LogP contribution is -1.99. The Morgan fingerprint density at radius 1 is 1.60 bits per heavy atom. The van der Waals surface area contributed by atoms with Crippen LogP contribution in [0.15, 0.2) is 18.2 Å². The van der Waals surface area contributed by atoms with Crippen LogP contribution in [-0.4, -0.2) is 18.1 Å². The molecule has 0 amide bonds. The van der Waals surface area contributed by atoms with Gasteiger partial charge in [-0.2, -0.15) is 5.26 Å². The molecule has 1 aromatic heterocycles. The number of carbonyl (C=O) groups excluding carboxylic acids is 1. The van der Waals surface area contributed by atoms with E-state index in [4.69, 9.17) is 5.26 Å². The summed E-state index contributed by atoms with van der Waals surface area (Å²) in [4.78, 5) is 15.3. The minimum absolute atomic E-state index is 0.308. The van der Waals surface area contributed by atoms with E-state index in [1.54, 1.807) is 18.2 Å². The monoisotopic (exact) mass is 218 g/mol. The van der Waals surface area contributed by atoms with E-state index >= 15 is 0 Å². The van der Waals surface area contributed by atoms with E-state index < -0.39 is 5.97 Å². The minimum Gasteiger partial charge on any atom is -0.464 e. The van der Waals surface area contributed by atoms with Gasteiger partial charge in [-0.3, -0.25) is 0 Å². The summed E-state index contributed by atoms with van der Waals surface area (Å²) in [5.41, 5.74) is 1.27. The molecule has 5 heteroatoms. The van der Waals surface area contributed by atoms with Gasteiger partial charge >= 0.3 is 5.97 Å². The molecule has 0 fully saturated rings. The van der Waals surface area contributed by atoms with Gasteiger partial charge in [0.2, 0.25) is 5.01 Å². The van der Waals surface area contributed by atoms with Crippen molar-refractivity contribution in [3.05, 3.63) is 28.8 Å². The second-order valence-electron chi connectivity index (χ2n) is 2.80. The second-order valence-corrected chi connectivity index (χ2v) is 3.84. The molecule has 4 nitrogen and oxygen atoms in total. The lowest BCUT2D eigenvalue weighted by Gasteiger charge is -1.89. The van der Waals surface area contributed by atoms with Crippen LogP contribution in [0.4, 0.5) is 0 Å². The van der Waals surface area contributed by atoms with Crippen LogP contribution >= 0.6 is 11.3 Å². The van der Waals surface area contributed by atoms with E-state index in [-0.39, 0.29) is 0 Å². The van der Waals surface area contributed by atoms with Gasteiger partial charge in [0, 0.05) is 0 Å². The number of thiazole rings is 1. The SMILES string of the molecule is COC(=O)c1nc2ccc(C#N)cc2s1. The first-order valence-corrected chi connectivity index (χ1v) is 4.95. The van der Waals surface area contributed by atoms with Crippen LogP contribution in [0.1, 0.15) is 15.4 Å². The average molecular weight is 218 g/mol. The summed E-state index contributed by atoms with van der Waals surface area (Å²) in [7, 11) is 1.31. The van der Waals surface area contributed by atoms with Crippen molar-refractivity contribution >= 4 is 27.5 Å². The fourth-order valence-corrected chi connectivity index (χ4v) is 2.09. The molecule has 0 saturated carbocycles. The summed E-state index contributed by atoms with van der Waals surface area (Å²) in [6.45, 7) is 0. The molecule has 2 rings (SSSR count). The Morgan fingerprint density at radius 2 is 2.40 bits per heavy atom. The smallest absolute Gasteiger partial charge is 0.367 e. The van der Waals surface area contributed by atoms with Crippen LogP contribution in [0.5, 0.6) is 0 Å². The molecule has 0 aliphatic carbocycles. The Bertz CT molecular complexity index is 568. The molecule has 1 aromatic carbocycles. The van der Waals surface area contributed by atoms with Crippen molar-refractivity contribution in [3.8, 4) is 6.07 Å². The van der Waals surface area contributed by atoms with Crippen molar-refractivity contribution in [1.29, 1.82) is 5.26 Å². The average Bonchev–Trinajstić information content (AvgIpc) is 2.70. The first-order valence-electron chi connectivity index (χ1n) is 4.13. The van der Waals surface area contributed by atoms with E-state index in [9.17, 15) is 4.79 Å². The first kappa shape index (κ1) is 9.62. The number of rotatable bonds is 1. The van der Waals surface area contributed by atoms with Gasteiger partial charge in [-0.25, -0.2) is 9.78 Å². The summed E-state index contributed by atoms with van der Waals surface area (Å²) in [6.07, 6.45) is 0. The number of hydrogen-bond acceptors (Lipinski definition) is 5. The molecule has 0 bridgehead atoms. The van der Waals surface area contributed by atoms with Crippen molar-refractivity contribution in [3.63, 3.8) is 0 Å². The first-order chi connectivity index (χ1) is 7.24. The van der Waals surface area contributed by atoms with E-state index in [1.807, 2.05) is 6.07 Å². The van der Waals surface area contributed by atoms with Crippen molar-refractivity contribution in [2.45, 2.75) is 0 Å². The van der Waals surface area contributed by atoms with E-state index in [0.29, 0.717) is 16.1 Å². The van der Waals surface area contributed by atoms with Gasteiger partial charge in [-0.15, -0.1) is 11.3 Å². The molecular formula is C10H6N2O2S. The number of hydrogen-bond donors (Lipinski definition) is 0. The molecular weight excluding hydrogens is 212 g/mol. The molecule has 0 aliphatic heterocycles. The fourth-order valence-electron chi connectivity index (χ4n) is 1.17. The van der Waals surface area contributed by atoms with Gasteiger partial charge < -0.3 is 4.74 Å². The zero-order valence-corrected chi connectivity index (χ0v) is 8.67. The fraction of sp³-hybridized carbons (Fsp3) is 0.100. The zero-order valence-electron chi connectivity index (χ0n) is 7.85. The van der Waals surface area contributed by atoms with Crippen molar-refractivity contribution in [2.24, 2.45) is 0 Å². The minimum atomic E-state index is -0.449. The van der Waals surface area contributed by atoms with E-state index in [0.717, 1.165) is 4.70 Å². The molecule has 2 aromatic rings. The van der Waals surface area contributed by atoms with Gasteiger partial charge in [-0.1, -0.05) is 0 Å². The Morgan fingerprint density at radius 3 is 3.07 bits per heavy atom. The summed E-state index contributed by atoms with van der Waals surface area (Å²) in [6, 6.07) is 7.13. The molecule has 0 unspecified atom stereocenters. The lowest BCUT2D eigenvalue weighted by molar-refractivity contribution is 0.0600. The zero-order chi connectivity index (χ0) is 10.8. The molecule has 15 heavy (non-hydrogen) atoms. The van der Waals surface area contributed by atoms with Crippen molar-refractivity contribution in [1.82, 2.24) is 4.98 Å². The third-order valence-electron chi connectivity index (χ3n) is 1.88. The molecule has 0 radical (unpaired) electrons. The van der Waals surface area contributed by atoms with Gasteiger partial charge in [0.25, 0.3) is 0 Å². The standard InChI is InChI=1S/C10H6N2O2S/c1-14-10(13)9-12-7-3-2-6(5-11)4-8(7)15-9/h2-4H,1H3. The highest BCUT2D eigenvalue weighted by atomic mass is 32.1. The highest BCUT2D eigenvalue weighted by Crippen LogP contribution is 2.23. The molecule has 0 atom stereocenters. The number of aromatic nitrogens is 1. The quantitative estimate of drug-likeness (QED) is 0.686. The predicted octanol–water partition coefficient (Wildman–Crippen LogP) is 1.95. The maximum absolute atomic E-state index is 11.2. The van der Waals surface area contributed by atoms with Crippen LogP contribution < -0.4 is 0 Å². The van der Waals surface area contributed by atoms with Gasteiger partial charge in [0.05, 0.1) is 29.0 Å². The van der Waals surface area contributed by atoms with Crippen LogP contribution in [0.25, 0.3) is 10.2 Å². The summed E-state index contributed by atoms with van der Waals surface area (Å²) < 4.78 is 5.38. The van der Waals surface area contributed by atoms with Crippen LogP contribution in [-0.2, 0) is 4.74 Å². The highest BCUT2D eigenvalue weighted by Gasteiger charge is 2.12. The number of carbonyl (C=O) groups is 1. The molecule has 0 aliphatic rings. The summed E-state index contributed by atoms with van der Waals surface area (Å²) in [5.74, 6) is -0.449. The number of fused-ring (bicyclic) bond motifs is 1. The number of esters is 1. The topological polar surface area (TPSA) is 63.0 Å². The predicted molar refractivity (Wildman–Crippen MR) is 55.7 cm³/mol. The molecule has 0 N–H and O–H groups in total. The Kier molecular flexibility index (Phi) is 2.35. The van der Waals surface area contributed by atoms with E-state index in [1.165, 1.54) is 18.4 Å². The van der Waals surface area contributed by atoms with Crippen LogP contribution in [0.2, 0.25) is 0 Å². The molecule has 1 heterocycles. The Balaban J connectivity index is 2.57. The summed E-state index contributed by atoms with van der Waals surface area (Å²) in [5, 5.41) is 9.01. The number of ether oxygens (including phenoxy) is 1. The lowest BCUT2D eigenvalue weighted by atomic mass is 10.2. The van der Waals surface area contributed by atoms with Crippen LogP contribution in [0, 0.1) is 11.3 Å². The van der Waals surface area contributed by atoms with Crippen molar-refractivity contribution in [2.75, 3.05) is 7.11 Å². The third kappa shape index (κ3) is 1.67. The maximum atomic E-state index is 11.2. The molecule has 74 valence electrons. The number of nitrogens with zero attached hydrogens (tertiary/aromatic N) is 2. The molecule has 0 spiro atoms. The largest absolute Gasteiger partial charge is 0.464 e. The number of nitriles is 1. The normalized spacial score (nSPS) is 9.87. The van der Waals surface area contributed by atoms with Crippen LogP contribution in [0.3, 0.4) is 0 Å². The summed E-state index contributed by atoms with van der Waals surface area (Å²) >= 11 is 1.22. The maximum Gasteiger partial charge on any atom is 0.367 e. The molecule has 0 saturated heterocycles. The van der Waals surface area contributed by atoms with E-state index in [2.05, 4.69) is 9.72 Å². The second kappa shape index (κ2) is 3.67. The van der Waals surface area contributed by atoms with Gasteiger partial charge in [-0.05, 0) is 18.2 Å². The number of benzene rings is 1. The number of methoxy groups -OCH3 is 1. The van der Waals surface area contributed by atoms with Crippen molar-refractivity contribution < 1.29 is 9.53 Å². The highest BCUT2D eigenvalue weighted by molar-refractivity contribution is 7.20. The Hall–Kier alpha value is -1.93.